The molecule has 8 heteroatoms. The van der Waals surface area contributed by atoms with Crippen LogP contribution in [0.25, 0.3) is 0 Å². The van der Waals surface area contributed by atoms with Crippen LogP contribution < -0.4 is 10.2 Å². The number of para-hydroxylation sites is 1. The summed E-state index contributed by atoms with van der Waals surface area (Å²) < 4.78 is 0. The second kappa shape index (κ2) is 6.35. The molecule has 0 spiro atoms. The van der Waals surface area contributed by atoms with Crippen LogP contribution in [0.3, 0.4) is 0 Å². The standard InChI is InChI=1S/C14H11N3O5/c18-13(15-10-4-2-1-3-5-10)16(14(19)20)11-6-8-12(9-7-11)17(21)22/h1-9H,(H,15,18)(H,19,20). The van der Waals surface area contributed by atoms with Gasteiger partial charge in [-0.2, -0.15) is 4.90 Å². The monoisotopic (exact) mass is 301 g/mol. The molecular weight excluding hydrogens is 290 g/mol. The van der Waals surface area contributed by atoms with Crippen molar-refractivity contribution in [2.24, 2.45) is 0 Å². The highest BCUT2D eigenvalue weighted by Crippen LogP contribution is 2.20. The van der Waals surface area contributed by atoms with Crippen molar-refractivity contribution in [3.05, 3.63) is 64.7 Å². The predicted octanol–water partition coefficient (Wildman–Crippen LogP) is 3.31. The molecule has 22 heavy (non-hydrogen) atoms. The van der Waals surface area contributed by atoms with Crippen LogP contribution in [0, 0.1) is 10.1 Å². The van der Waals surface area contributed by atoms with E-state index in [0.29, 0.717) is 10.6 Å². The molecule has 0 aliphatic heterocycles. The molecule has 2 aromatic carbocycles. The summed E-state index contributed by atoms with van der Waals surface area (Å²) in [5.41, 5.74) is 0.241. The van der Waals surface area contributed by atoms with Crippen LogP contribution in [0.2, 0.25) is 0 Å². The summed E-state index contributed by atoms with van der Waals surface area (Å²) >= 11 is 0. The largest absolute Gasteiger partial charge is 0.464 e. The van der Waals surface area contributed by atoms with Crippen molar-refractivity contribution < 1.29 is 19.6 Å². The highest BCUT2D eigenvalue weighted by atomic mass is 16.6. The second-order valence-corrected chi connectivity index (χ2v) is 4.19. The number of benzene rings is 2. The average Bonchev–Trinajstić information content (AvgIpc) is 2.48. The van der Waals surface area contributed by atoms with Gasteiger partial charge in [0.1, 0.15) is 0 Å². The van der Waals surface area contributed by atoms with Crippen molar-refractivity contribution in [2.45, 2.75) is 0 Å². The number of non-ortho nitro benzene ring substituents is 1. The van der Waals surface area contributed by atoms with Gasteiger partial charge in [0, 0.05) is 17.8 Å². The molecule has 0 radical (unpaired) electrons. The van der Waals surface area contributed by atoms with Crippen LogP contribution in [0.4, 0.5) is 26.7 Å². The maximum atomic E-state index is 12.1. The molecular formula is C14H11N3O5. The summed E-state index contributed by atoms with van der Waals surface area (Å²) in [4.78, 5) is 33.8. The molecule has 0 atom stereocenters. The van der Waals surface area contributed by atoms with E-state index in [9.17, 15) is 24.8 Å². The van der Waals surface area contributed by atoms with Crippen LogP contribution in [0.15, 0.2) is 54.6 Å². The summed E-state index contributed by atoms with van der Waals surface area (Å²) in [5, 5.41) is 22.2. The minimum atomic E-state index is -1.50. The van der Waals surface area contributed by atoms with E-state index in [0.717, 1.165) is 12.1 Å². The van der Waals surface area contributed by atoms with Crippen LogP contribution >= 0.6 is 0 Å². The summed E-state index contributed by atoms with van der Waals surface area (Å²) in [7, 11) is 0. The quantitative estimate of drug-likeness (QED) is 0.667. The van der Waals surface area contributed by atoms with Crippen LogP contribution in [0.1, 0.15) is 0 Å². The van der Waals surface area contributed by atoms with E-state index < -0.39 is 17.0 Å². The van der Waals surface area contributed by atoms with Crippen LogP contribution in [0.5, 0.6) is 0 Å². The van der Waals surface area contributed by atoms with Gasteiger partial charge in [0.25, 0.3) is 5.69 Å². The summed E-state index contributed by atoms with van der Waals surface area (Å²) in [6.45, 7) is 0. The Labute approximate surface area is 124 Å². The molecule has 112 valence electrons. The fourth-order valence-corrected chi connectivity index (χ4v) is 1.74. The molecule has 8 nitrogen and oxygen atoms in total. The van der Waals surface area contributed by atoms with Gasteiger partial charge < -0.3 is 10.4 Å². The highest BCUT2D eigenvalue weighted by molar-refractivity contribution is 6.15. The lowest BCUT2D eigenvalue weighted by Crippen LogP contribution is -2.39. The number of urea groups is 1. The number of nitro groups is 1. The Hall–Kier alpha value is -3.42. The van der Waals surface area contributed by atoms with Crippen molar-refractivity contribution in [1.82, 2.24) is 0 Å². The number of carbonyl (C=O) groups is 2. The van der Waals surface area contributed by atoms with Gasteiger partial charge in [-0.05, 0) is 24.3 Å². The minimum absolute atomic E-state index is 0.00605. The number of anilines is 2. The zero-order valence-corrected chi connectivity index (χ0v) is 11.2. The first-order valence-corrected chi connectivity index (χ1v) is 6.12. The number of imide groups is 1. The zero-order chi connectivity index (χ0) is 16.1. The number of nitrogens with zero attached hydrogens (tertiary/aromatic N) is 2. The Morgan fingerprint density at radius 2 is 1.64 bits per heavy atom. The lowest BCUT2D eigenvalue weighted by Gasteiger charge is -2.17. The van der Waals surface area contributed by atoms with Gasteiger partial charge in [-0.15, -0.1) is 0 Å². The van der Waals surface area contributed by atoms with E-state index in [4.69, 9.17) is 0 Å². The van der Waals surface area contributed by atoms with Gasteiger partial charge in [-0.3, -0.25) is 10.1 Å². The first kappa shape index (κ1) is 15.0. The van der Waals surface area contributed by atoms with Gasteiger partial charge in [0.05, 0.1) is 10.6 Å². The molecule has 3 amide bonds. The van der Waals surface area contributed by atoms with Crippen molar-refractivity contribution in [3.63, 3.8) is 0 Å². The van der Waals surface area contributed by atoms with Gasteiger partial charge in [-0.25, -0.2) is 9.59 Å². The number of hydrogen-bond donors (Lipinski definition) is 2. The summed E-state index contributed by atoms with van der Waals surface area (Å²) in [5.74, 6) is 0. The molecule has 0 aliphatic carbocycles. The Morgan fingerprint density at radius 3 is 2.14 bits per heavy atom. The smallest absolute Gasteiger partial charge is 0.420 e. The van der Waals surface area contributed by atoms with Crippen molar-refractivity contribution >= 4 is 29.2 Å². The maximum absolute atomic E-state index is 12.1. The van der Waals surface area contributed by atoms with Crippen molar-refractivity contribution in [3.8, 4) is 0 Å². The molecule has 0 aromatic heterocycles. The SMILES string of the molecule is O=C(O)N(C(=O)Nc1ccccc1)c1ccc([N+](=O)[O-])cc1. The van der Waals surface area contributed by atoms with Gasteiger partial charge in [-0.1, -0.05) is 18.2 Å². The van der Waals surface area contributed by atoms with E-state index in [1.165, 1.54) is 12.1 Å². The molecule has 0 fully saturated rings. The molecule has 0 unspecified atom stereocenters. The van der Waals surface area contributed by atoms with Crippen molar-refractivity contribution in [1.29, 1.82) is 0 Å². The lowest BCUT2D eigenvalue weighted by molar-refractivity contribution is -0.384. The number of carbonyl (C=O) groups excluding carboxylic acids is 1. The molecule has 0 aliphatic rings. The van der Waals surface area contributed by atoms with E-state index in [2.05, 4.69) is 5.32 Å². The number of nitrogens with one attached hydrogen (secondary N) is 1. The Bertz CT molecular complexity index is 700. The third-order valence-electron chi connectivity index (χ3n) is 2.74. The molecule has 2 rings (SSSR count). The fraction of sp³-hybridized carbons (Fsp3) is 0. The first-order valence-electron chi connectivity index (χ1n) is 6.12. The third kappa shape index (κ3) is 3.37. The zero-order valence-electron chi connectivity index (χ0n) is 11.2. The number of carboxylic acid groups (broad SMARTS) is 1. The van der Waals surface area contributed by atoms with Gasteiger partial charge in [0.2, 0.25) is 0 Å². The van der Waals surface area contributed by atoms with Gasteiger partial charge in [0.15, 0.2) is 0 Å². The molecule has 2 aromatic rings. The molecule has 0 heterocycles. The van der Waals surface area contributed by atoms with E-state index >= 15 is 0 Å². The average molecular weight is 301 g/mol. The molecule has 0 bridgehead atoms. The molecule has 0 saturated heterocycles. The fourth-order valence-electron chi connectivity index (χ4n) is 1.74. The minimum Gasteiger partial charge on any atom is -0.464 e. The highest BCUT2D eigenvalue weighted by Gasteiger charge is 2.23. The number of hydrogen-bond acceptors (Lipinski definition) is 4. The molecule has 2 N–H and O–H groups in total. The number of amides is 3. The van der Waals surface area contributed by atoms with E-state index in [-0.39, 0.29) is 11.4 Å². The van der Waals surface area contributed by atoms with Crippen molar-refractivity contribution in [2.75, 3.05) is 10.2 Å². The Morgan fingerprint density at radius 1 is 1.05 bits per heavy atom. The number of rotatable bonds is 3. The third-order valence-corrected chi connectivity index (χ3v) is 2.74. The topological polar surface area (TPSA) is 113 Å². The first-order chi connectivity index (χ1) is 10.5. The van der Waals surface area contributed by atoms with E-state index in [1.54, 1.807) is 30.3 Å². The molecule has 0 saturated carbocycles. The van der Waals surface area contributed by atoms with Gasteiger partial charge >= 0.3 is 12.1 Å². The Kier molecular flexibility index (Phi) is 4.33. The predicted molar refractivity (Wildman–Crippen MR) is 79.1 cm³/mol. The normalized spacial score (nSPS) is 9.82. The second-order valence-electron chi connectivity index (χ2n) is 4.19. The maximum Gasteiger partial charge on any atom is 0.420 e. The lowest BCUT2D eigenvalue weighted by atomic mass is 10.2. The van der Waals surface area contributed by atoms with Crippen LogP contribution in [-0.2, 0) is 0 Å². The Balaban J connectivity index is 2.24. The number of nitro benzene ring substituents is 1. The summed E-state index contributed by atoms with van der Waals surface area (Å²) in [6, 6.07) is 12.1. The summed E-state index contributed by atoms with van der Waals surface area (Å²) in [6.07, 6.45) is -1.50. The van der Waals surface area contributed by atoms with E-state index in [1.807, 2.05) is 0 Å². The van der Waals surface area contributed by atoms with Crippen LogP contribution in [-0.4, -0.2) is 22.2 Å².